The van der Waals surface area contributed by atoms with Gasteiger partial charge >= 0.3 is 0 Å². The number of aryl methyl sites for hydroxylation is 1. The van der Waals surface area contributed by atoms with Crippen LogP contribution in [0.4, 0.5) is 0 Å². The van der Waals surface area contributed by atoms with Crippen LogP contribution in [0.3, 0.4) is 0 Å². The smallest absolute Gasteiger partial charge is 0.0870 e. The molecule has 1 aromatic rings. The van der Waals surface area contributed by atoms with E-state index in [0.717, 1.165) is 29.9 Å². The second kappa shape index (κ2) is 4.46. The molecular formula is C10H15N3S3. The van der Waals surface area contributed by atoms with Crippen molar-refractivity contribution in [1.29, 1.82) is 0 Å². The molecule has 1 aromatic heterocycles. The first-order valence-corrected chi connectivity index (χ1v) is 8.74. The first kappa shape index (κ1) is 11.3. The Bertz CT molecular complexity index is 393. The molecule has 0 bridgehead atoms. The van der Waals surface area contributed by atoms with Gasteiger partial charge in [-0.1, -0.05) is 16.0 Å². The summed E-state index contributed by atoms with van der Waals surface area (Å²) in [5.41, 5.74) is 2.57. The van der Waals surface area contributed by atoms with Gasteiger partial charge < -0.3 is 0 Å². The van der Waals surface area contributed by atoms with E-state index in [1.165, 1.54) is 24.2 Å². The Hall–Kier alpha value is 0.190. The molecule has 3 nitrogen and oxygen atoms in total. The van der Waals surface area contributed by atoms with Crippen LogP contribution < -0.4 is 0 Å². The Morgan fingerprint density at radius 2 is 2.06 bits per heavy atom. The van der Waals surface area contributed by atoms with Crippen LogP contribution in [0, 0.1) is 11.8 Å². The van der Waals surface area contributed by atoms with E-state index in [4.69, 9.17) is 0 Å². The summed E-state index contributed by atoms with van der Waals surface area (Å²) in [6.45, 7) is 0. The topological polar surface area (TPSA) is 30.7 Å². The lowest BCUT2D eigenvalue weighted by Crippen LogP contribution is -2.04. The van der Waals surface area contributed by atoms with Gasteiger partial charge in [-0.25, -0.2) is 0 Å². The largest absolute Gasteiger partial charge is 0.191 e. The maximum atomic E-state index is 4.37. The van der Waals surface area contributed by atoms with Crippen LogP contribution in [0.2, 0.25) is 0 Å². The van der Waals surface area contributed by atoms with Gasteiger partial charge in [0.2, 0.25) is 0 Å². The molecule has 2 aliphatic rings. The monoisotopic (exact) mass is 273 g/mol. The van der Waals surface area contributed by atoms with E-state index in [9.17, 15) is 0 Å². The number of hydrogen-bond donors (Lipinski definition) is 1. The zero-order valence-electron chi connectivity index (χ0n) is 9.17. The molecule has 3 rings (SSSR count). The zero-order chi connectivity index (χ0) is 11.1. The highest BCUT2D eigenvalue weighted by Crippen LogP contribution is 2.55. The predicted octanol–water partition coefficient (Wildman–Crippen LogP) is 2.48. The van der Waals surface area contributed by atoms with E-state index in [-0.39, 0.29) is 0 Å². The molecule has 1 saturated carbocycles. The lowest BCUT2D eigenvalue weighted by molar-refractivity contribution is 0.577. The van der Waals surface area contributed by atoms with Crippen molar-refractivity contribution >= 4 is 34.4 Å². The molecule has 0 aliphatic heterocycles. The summed E-state index contributed by atoms with van der Waals surface area (Å²) in [5.74, 6) is 1.77. The fourth-order valence-electron chi connectivity index (χ4n) is 2.83. The third kappa shape index (κ3) is 1.78. The van der Waals surface area contributed by atoms with E-state index < -0.39 is 0 Å². The van der Waals surface area contributed by atoms with Gasteiger partial charge in [-0.15, -0.1) is 16.8 Å². The molecule has 0 N–H and O–H groups in total. The van der Waals surface area contributed by atoms with Crippen molar-refractivity contribution in [3.8, 4) is 0 Å². The van der Waals surface area contributed by atoms with E-state index >= 15 is 0 Å². The second-order valence-electron chi connectivity index (χ2n) is 4.51. The van der Waals surface area contributed by atoms with Crippen molar-refractivity contribution < 1.29 is 0 Å². The summed E-state index contributed by atoms with van der Waals surface area (Å²) in [5, 5.41) is 9.28. The maximum absolute atomic E-state index is 4.37. The Labute approximate surface area is 109 Å². The fraction of sp³-hybridized carbons (Fsp3) is 0.800. The quantitative estimate of drug-likeness (QED) is 0.662. The molecule has 1 fully saturated rings. The van der Waals surface area contributed by atoms with Crippen LogP contribution in [0.25, 0.3) is 0 Å². The molecule has 0 amide bonds. The minimum absolute atomic E-state index is 0.794. The Morgan fingerprint density at radius 1 is 1.31 bits per heavy atom. The van der Waals surface area contributed by atoms with Crippen molar-refractivity contribution in [1.82, 2.24) is 14.4 Å². The highest BCUT2D eigenvalue weighted by atomic mass is 33.1. The number of thiol groups is 1. The standard InChI is InChI=1S/C10H15N3S3/c1-15-13-9-5-3-7-6(10(7)16-14)2-4-8(9)11-12-13/h6-7,10,14H,2-5H2,1H3. The van der Waals surface area contributed by atoms with Crippen LogP contribution in [-0.2, 0) is 12.8 Å². The summed E-state index contributed by atoms with van der Waals surface area (Å²) < 4.78 is 1.99. The normalized spacial score (nSPS) is 32.5. The molecule has 3 unspecified atom stereocenters. The van der Waals surface area contributed by atoms with Gasteiger partial charge in [-0.3, -0.25) is 0 Å². The molecule has 0 saturated heterocycles. The fourth-order valence-corrected chi connectivity index (χ4v) is 5.19. The van der Waals surface area contributed by atoms with E-state index in [1.54, 1.807) is 22.7 Å². The van der Waals surface area contributed by atoms with Crippen LogP contribution in [0.1, 0.15) is 24.2 Å². The minimum atomic E-state index is 0.794. The summed E-state index contributed by atoms with van der Waals surface area (Å²) in [6.07, 6.45) is 6.84. The third-order valence-corrected chi connectivity index (χ3v) is 6.10. The van der Waals surface area contributed by atoms with Gasteiger partial charge in [0.15, 0.2) is 0 Å². The first-order valence-electron chi connectivity index (χ1n) is 5.63. The molecule has 1 heterocycles. The number of rotatable bonds is 2. The van der Waals surface area contributed by atoms with Gasteiger partial charge in [-0.05, 0) is 49.5 Å². The molecule has 2 aliphatic carbocycles. The van der Waals surface area contributed by atoms with Gasteiger partial charge in [-0.2, -0.15) is 4.09 Å². The van der Waals surface area contributed by atoms with Gasteiger partial charge in [0.25, 0.3) is 0 Å². The number of aromatic nitrogens is 3. The SMILES string of the molecule is CSn1nnc2c1CCC1C(CC2)C1SS. The highest BCUT2D eigenvalue weighted by Gasteiger charge is 2.49. The molecule has 16 heavy (non-hydrogen) atoms. The lowest BCUT2D eigenvalue weighted by atomic mass is 10.0. The van der Waals surface area contributed by atoms with E-state index in [0.29, 0.717) is 0 Å². The Balaban J connectivity index is 1.80. The van der Waals surface area contributed by atoms with Crippen molar-refractivity contribution in [2.24, 2.45) is 11.8 Å². The van der Waals surface area contributed by atoms with Crippen molar-refractivity contribution in [3.05, 3.63) is 11.4 Å². The van der Waals surface area contributed by atoms with Gasteiger partial charge in [0.05, 0.1) is 11.4 Å². The molecular weight excluding hydrogens is 258 g/mol. The Morgan fingerprint density at radius 3 is 2.75 bits per heavy atom. The van der Waals surface area contributed by atoms with Crippen molar-refractivity contribution in [3.63, 3.8) is 0 Å². The summed E-state index contributed by atoms with van der Waals surface area (Å²) in [7, 11) is 1.75. The average molecular weight is 273 g/mol. The molecule has 0 radical (unpaired) electrons. The van der Waals surface area contributed by atoms with Crippen molar-refractivity contribution in [2.45, 2.75) is 30.9 Å². The van der Waals surface area contributed by atoms with Crippen LogP contribution in [-0.4, -0.2) is 25.9 Å². The zero-order valence-corrected chi connectivity index (χ0v) is 11.7. The van der Waals surface area contributed by atoms with E-state index in [2.05, 4.69) is 28.2 Å². The van der Waals surface area contributed by atoms with Crippen LogP contribution in [0.15, 0.2) is 0 Å². The van der Waals surface area contributed by atoms with Crippen molar-refractivity contribution in [2.75, 3.05) is 6.26 Å². The lowest BCUT2D eigenvalue weighted by Gasteiger charge is -2.08. The molecule has 3 atom stereocenters. The maximum Gasteiger partial charge on any atom is 0.0870 e. The number of fused-ring (bicyclic) bond motifs is 2. The number of nitrogens with zero attached hydrogens (tertiary/aromatic N) is 3. The molecule has 0 spiro atoms. The average Bonchev–Trinajstić information content (AvgIpc) is 2.80. The Kier molecular flexibility index (Phi) is 3.15. The highest BCUT2D eigenvalue weighted by molar-refractivity contribution is 8.69. The number of hydrogen-bond acceptors (Lipinski definition) is 5. The van der Waals surface area contributed by atoms with E-state index in [1.807, 2.05) is 4.09 Å². The molecule has 88 valence electrons. The first-order chi connectivity index (χ1) is 7.85. The predicted molar refractivity (Wildman–Crippen MR) is 72.9 cm³/mol. The molecule has 0 aromatic carbocycles. The van der Waals surface area contributed by atoms with Crippen LogP contribution in [0.5, 0.6) is 0 Å². The summed E-state index contributed by atoms with van der Waals surface area (Å²) >= 11 is 6.02. The second-order valence-corrected chi connectivity index (χ2v) is 6.61. The molecule has 6 heteroatoms. The third-order valence-electron chi connectivity index (χ3n) is 3.79. The minimum Gasteiger partial charge on any atom is -0.191 e. The van der Waals surface area contributed by atoms with Gasteiger partial charge in [0, 0.05) is 11.5 Å². The summed E-state index contributed by atoms with van der Waals surface area (Å²) in [4.78, 5) is 0. The van der Waals surface area contributed by atoms with Crippen LogP contribution >= 0.6 is 34.4 Å². The van der Waals surface area contributed by atoms with Gasteiger partial charge in [0.1, 0.15) is 0 Å². The summed E-state index contributed by atoms with van der Waals surface area (Å²) in [6, 6.07) is 0.